The van der Waals surface area contributed by atoms with Crippen LogP contribution in [-0.2, 0) is 9.53 Å². The summed E-state index contributed by atoms with van der Waals surface area (Å²) in [4.78, 5) is 16.7. The van der Waals surface area contributed by atoms with Crippen LogP contribution in [-0.4, -0.2) is 74.2 Å². The quantitative estimate of drug-likeness (QED) is 0.766. The summed E-state index contributed by atoms with van der Waals surface area (Å²) in [5.74, 6) is 0.888. The molecule has 1 aromatic carbocycles. The molecule has 150 valence electrons. The predicted molar refractivity (Wildman–Crippen MR) is 111 cm³/mol. The van der Waals surface area contributed by atoms with E-state index in [-0.39, 0.29) is 11.5 Å². The molecule has 2 aliphatic carbocycles. The predicted octanol–water partition coefficient (Wildman–Crippen LogP) is 2.03. The van der Waals surface area contributed by atoms with Crippen LogP contribution >= 0.6 is 0 Å². The molecule has 2 atom stereocenters. The van der Waals surface area contributed by atoms with Crippen LogP contribution in [0.2, 0.25) is 0 Å². The number of benzene rings is 1. The highest BCUT2D eigenvalue weighted by Crippen LogP contribution is 2.46. The molecule has 1 aromatic rings. The molecule has 3 aliphatic rings. The van der Waals surface area contributed by atoms with Crippen molar-refractivity contribution in [2.24, 2.45) is 5.92 Å². The average molecular weight is 382 g/mol. The number of ether oxygens (including phenoxy) is 1. The molecule has 0 bridgehead atoms. The second-order valence-corrected chi connectivity index (χ2v) is 8.23. The molecule has 1 N–H and O–H groups in total. The minimum atomic E-state index is -0.361. The highest BCUT2D eigenvalue weighted by molar-refractivity contribution is 5.78. The Labute approximate surface area is 168 Å². The molecule has 1 aliphatic heterocycles. The number of methoxy groups -OCH3 is 1. The smallest absolute Gasteiger partial charge is 0.236 e. The first-order valence-corrected chi connectivity index (χ1v) is 10.3. The number of likely N-dealkylation sites (N-methyl/N-ethyl adjacent to an activating group) is 1. The van der Waals surface area contributed by atoms with Gasteiger partial charge in [-0.2, -0.15) is 0 Å². The monoisotopic (exact) mass is 381 g/mol. The zero-order chi connectivity index (χ0) is 19.6. The van der Waals surface area contributed by atoms with Gasteiger partial charge in [0.15, 0.2) is 0 Å². The summed E-state index contributed by atoms with van der Waals surface area (Å²) in [6, 6.07) is 10.8. The fraction of sp³-hybridized carbons (Fsp3) is 0.522. The normalized spacial score (nSPS) is 32.5. The third kappa shape index (κ3) is 4.07. The minimum Gasteiger partial charge on any atom is -0.370 e. The van der Waals surface area contributed by atoms with Crippen LogP contribution in [0.5, 0.6) is 0 Å². The number of allylic oxidation sites excluding steroid dienone is 2. The van der Waals surface area contributed by atoms with Crippen LogP contribution in [0.15, 0.2) is 54.6 Å². The Bertz CT molecular complexity index is 723. The lowest BCUT2D eigenvalue weighted by Crippen LogP contribution is -2.50. The molecule has 0 aromatic heterocycles. The highest BCUT2D eigenvalue weighted by Gasteiger charge is 2.51. The molecular formula is C23H31N3O2. The number of hydrogen-bond donors (Lipinski definition) is 1. The zero-order valence-corrected chi connectivity index (χ0v) is 16.9. The molecule has 0 radical (unpaired) electrons. The van der Waals surface area contributed by atoms with Gasteiger partial charge in [0.1, 0.15) is 5.60 Å². The SMILES string of the molecule is COC1(C2CC2NCC(=O)N2CCN(C)CC2)C=CC(c2ccccc2)C=C1. The van der Waals surface area contributed by atoms with Gasteiger partial charge in [-0.05, 0) is 19.0 Å². The minimum absolute atomic E-state index is 0.212. The number of hydrogen-bond acceptors (Lipinski definition) is 4. The van der Waals surface area contributed by atoms with Gasteiger partial charge < -0.3 is 19.9 Å². The van der Waals surface area contributed by atoms with Crippen molar-refractivity contribution in [1.82, 2.24) is 15.1 Å². The van der Waals surface area contributed by atoms with Crippen molar-refractivity contribution in [3.63, 3.8) is 0 Å². The molecule has 1 amide bonds. The molecular weight excluding hydrogens is 350 g/mol. The van der Waals surface area contributed by atoms with Gasteiger partial charge in [-0.1, -0.05) is 54.6 Å². The molecule has 5 heteroatoms. The molecule has 1 saturated carbocycles. The van der Waals surface area contributed by atoms with Gasteiger partial charge in [0.25, 0.3) is 0 Å². The molecule has 1 saturated heterocycles. The Hall–Kier alpha value is -1.95. The van der Waals surface area contributed by atoms with Gasteiger partial charge in [-0.25, -0.2) is 0 Å². The van der Waals surface area contributed by atoms with Crippen molar-refractivity contribution in [3.05, 3.63) is 60.2 Å². The van der Waals surface area contributed by atoms with E-state index in [1.807, 2.05) is 11.0 Å². The van der Waals surface area contributed by atoms with Crippen molar-refractivity contribution in [1.29, 1.82) is 0 Å². The first-order valence-electron chi connectivity index (χ1n) is 10.3. The van der Waals surface area contributed by atoms with Crippen LogP contribution in [0.4, 0.5) is 0 Å². The van der Waals surface area contributed by atoms with Crippen molar-refractivity contribution in [2.75, 3.05) is 46.9 Å². The standard InChI is InChI=1S/C23H31N3O2/c1-25-12-14-26(15-13-25)22(27)17-24-21-16-20(21)23(28-2)10-8-19(9-11-23)18-6-4-3-5-7-18/h3-11,19-21,24H,12-17H2,1-2H3. The number of nitrogens with zero attached hydrogens (tertiary/aromatic N) is 2. The van der Waals surface area contributed by atoms with E-state index in [4.69, 9.17) is 4.74 Å². The zero-order valence-electron chi connectivity index (χ0n) is 16.9. The number of piperazine rings is 1. The van der Waals surface area contributed by atoms with Crippen molar-refractivity contribution in [2.45, 2.75) is 24.0 Å². The van der Waals surface area contributed by atoms with Crippen molar-refractivity contribution >= 4 is 5.91 Å². The number of amides is 1. The number of nitrogens with one attached hydrogen (secondary N) is 1. The van der Waals surface area contributed by atoms with Crippen molar-refractivity contribution in [3.8, 4) is 0 Å². The van der Waals surface area contributed by atoms with Crippen LogP contribution < -0.4 is 5.32 Å². The maximum Gasteiger partial charge on any atom is 0.236 e. The van der Waals surface area contributed by atoms with E-state index < -0.39 is 0 Å². The second kappa shape index (κ2) is 8.19. The van der Waals surface area contributed by atoms with Gasteiger partial charge in [0.2, 0.25) is 5.91 Å². The van der Waals surface area contributed by atoms with Crippen LogP contribution in [0.3, 0.4) is 0 Å². The maximum absolute atomic E-state index is 12.5. The second-order valence-electron chi connectivity index (χ2n) is 8.23. The van der Waals surface area contributed by atoms with E-state index in [1.54, 1.807) is 7.11 Å². The lowest BCUT2D eigenvalue weighted by Gasteiger charge is -2.33. The summed E-state index contributed by atoms with van der Waals surface area (Å²) in [6.07, 6.45) is 9.93. The summed E-state index contributed by atoms with van der Waals surface area (Å²) >= 11 is 0. The lowest BCUT2D eigenvalue weighted by atomic mass is 9.85. The Morgan fingerprint density at radius 3 is 2.46 bits per heavy atom. The van der Waals surface area contributed by atoms with E-state index in [2.05, 4.69) is 65.8 Å². The van der Waals surface area contributed by atoms with E-state index in [0.29, 0.717) is 24.4 Å². The Balaban J connectivity index is 1.30. The number of rotatable bonds is 6. The molecule has 1 heterocycles. The molecule has 28 heavy (non-hydrogen) atoms. The van der Waals surface area contributed by atoms with Gasteiger partial charge in [0.05, 0.1) is 6.54 Å². The number of carbonyl (C=O) groups is 1. The summed E-state index contributed by atoms with van der Waals surface area (Å²) in [5.41, 5.74) is 0.933. The molecule has 2 fully saturated rings. The third-order valence-electron chi connectivity index (χ3n) is 6.41. The summed E-state index contributed by atoms with van der Waals surface area (Å²) in [5, 5.41) is 3.46. The van der Waals surface area contributed by atoms with Crippen LogP contribution in [0.1, 0.15) is 17.9 Å². The lowest BCUT2D eigenvalue weighted by molar-refractivity contribution is -0.131. The van der Waals surface area contributed by atoms with Gasteiger partial charge in [0, 0.05) is 51.2 Å². The first-order chi connectivity index (χ1) is 13.6. The van der Waals surface area contributed by atoms with Crippen LogP contribution in [0.25, 0.3) is 0 Å². The first kappa shape index (κ1) is 19.4. The Kier molecular flexibility index (Phi) is 5.67. The summed E-state index contributed by atoms with van der Waals surface area (Å²) in [6.45, 7) is 4.01. The highest BCUT2D eigenvalue weighted by atomic mass is 16.5. The van der Waals surface area contributed by atoms with E-state index in [0.717, 1.165) is 32.6 Å². The summed E-state index contributed by atoms with van der Waals surface area (Å²) < 4.78 is 5.94. The van der Waals surface area contributed by atoms with Crippen molar-refractivity contribution < 1.29 is 9.53 Å². The van der Waals surface area contributed by atoms with Gasteiger partial charge in [-0.3, -0.25) is 4.79 Å². The summed E-state index contributed by atoms with van der Waals surface area (Å²) in [7, 11) is 3.88. The maximum atomic E-state index is 12.5. The fourth-order valence-electron chi connectivity index (χ4n) is 4.37. The van der Waals surface area contributed by atoms with Crippen LogP contribution in [0, 0.1) is 5.92 Å². The number of carbonyl (C=O) groups excluding carboxylic acids is 1. The Morgan fingerprint density at radius 2 is 1.82 bits per heavy atom. The topological polar surface area (TPSA) is 44.8 Å². The van der Waals surface area contributed by atoms with Gasteiger partial charge >= 0.3 is 0 Å². The largest absolute Gasteiger partial charge is 0.370 e. The third-order valence-corrected chi connectivity index (χ3v) is 6.41. The fourth-order valence-corrected chi connectivity index (χ4v) is 4.37. The van der Waals surface area contributed by atoms with Gasteiger partial charge in [-0.15, -0.1) is 0 Å². The molecule has 2 unspecified atom stereocenters. The van der Waals surface area contributed by atoms with E-state index in [9.17, 15) is 4.79 Å². The molecule has 4 rings (SSSR count). The Morgan fingerprint density at radius 1 is 1.14 bits per heavy atom. The van der Waals surface area contributed by atoms with E-state index >= 15 is 0 Å². The van der Waals surface area contributed by atoms with E-state index in [1.165, 1.54) is 5.56 Å². The molecule has 0 spiro atoms. The molecule has 5 nitrogen and oxygen atoms in total. The average Bonchev–Trinajstić information content (AvgIpc) is 3.54.